The summed E-state index contributed by atoms with van der Waals surface area (Å²) in [6.07, 6.45) is 1.64. The predicted octanol–water partition coefficient (Wildman–Crippen LogP) is 6.85. The Morgan fingerprint density at radius 3 is 1.81 bits per heavy atom. The Balaban J connectivity index is 2.28. The van der Waals surface area contributed by atoms with E-state index in [2.05, 4.69) is 58.7 Å². The second-order valence-corrected chi connectivity index (χ2v) is 11.0. The Bertz CT molecular complexity index is 1110. The molecule has 0 saturated carbocycles. The van der Waals surface area contributed by atoms with Gasteiger partial charge in [0.25, 0.3) is 10.0 Å². The molecule has 0 bridgehead atoms. The van der Waals surface area contributed by atoms with Crippen molar-refractivity contribution in [1.29, 1.82) is 0 Å². The van der Waals surface area contributed by atoms with Crippen LogP contribution in [0.1, 0.15) is 81.5 Å². The molecule has 0 aliphatic carbocycles. The van der Waals surface area contributed by atoms with Crippen molar-refractivity contribution in [2.75, 3.05) is 4.31 Å². The third kappa shape index (κ3) is 5.04. The van der Waals surface area contributed by atoms with Gasteiger partial charge in [0.2, 0.25) is 0 Å². The number of anilines is 1. The monoisotopic (exact) mass is 450 g/mol. The SMILES string of the molecule is CC(C)c1cc(C(C)C)c(S(=O)(=O)N(Cc2ccccc2)c2ccccn2)c(C(C)C)c1. The van der Waals surface area contributed by atoms with Crippen molar-refractivity contribution in [3.63, 3.8) is 0 Å². The van der Waals surface area contributed by atoms with Gasteiger partial charge in [-0.2, -0.15) is 0 Å². The van der Waals surface area contributed by atoms with Gasteiger partial charge >= 0.3 is 0 Å². The van der Waals surface area contributed by atoms with Crippen LogP contribution in [0, 0.1) is 0 Å². The highest BCUT2D eigenvalue weighted by Gasteiger charge is 2.33. The van der Waals surface area contributed by atoms with Crippen LogP contribution < -0.4 is 4.31 Å². The van der Waals surface area contributed by atoms with Crippen molar-refractivity contribution < 1.29 is 8.42 Å². The highest BCUT2D eigenvalue weighted by Crippen LogP contribution is 2.38. The second kappa shape index (κ2) is 9.86. The number of rotatable bonds is 8. The Hall–Kier alpha value is -2.66. The average molecular weight is 451 g/mol. The Labute approximate surface area is 193 Å². The molecule has 0 unspecified atom stereocenters. The third-order valence-electron chi connectivity index (χ3n) is 5.70. The third-order valence-corrected chi connectivity index (χ3v) is 7.59. The lowest BCUT2D eigenvalue weighted by Gasteiger charge is -2.29. The predicted molar refractivity (Wildman–Crippen MR) is 133 cm³/mol. The minimum Gasteiger partial charge on any atom is -0.245 e. The van der Waals surface area contributed by atoms with E-state index >= 15 is 0 Å². The van der Waals surface area contributed by atoms with Crippen molar-refractivity contribution in [3.05, 3.63) is 89.1 Å². The normalized spacial score (nSPS) is 12.0. The van der Waals surface area contributed by atoms with Gasteiger partial charge in [0.1, 0.15) is 5.82 Å². The van der Waals surface area contributed by atoms with Crippen LogP contribution in [0.15, 0.2) is 71.8 Å². The first-order valence-corrected chi connectivity index (χ1v) is 12.7. The van der Waals surface area contributed by atoms with Crippen molar-refractivity contribution in [3.8, 4) is 0 Å². The summed E-state index contributed by atoms with van der Waals surface area (Å²) >= 11 is 0. The van der Waals surface area contributed by atoms with Gasteiger partial charge in [0.15, 0.2) is 0 Å². The maximum absolute atomic E-state index is 14.4. The number of hydrogen-bond acceptors (Lipinski definition) is 3. The highest BCUT2D eigenvalue weighted by molar-refractivity contribution is 7.92. The molecule has 0 amide bonds. The fourth-order valence-electron chi connectivity index (χ4n) is 3.84. The number of sulfonamides is 1. The lowest BCUT2D eigenvalue weighted by atomic mass is 9.89. The molecule has 4 nitrogen and oxygen atoms in total. The maximum Gasteiger partial charge on any atom is 0.266 e. The van der Waals surface area contributed by atoms with Gasteiger partial charge in [-0.1, -0.05) is 90.1 Å². The summed E-state index contributed by atoms with van der Waals surface area (Å²) in [6.45, 7) is 12.8. The smallest absolute Gasteiger partial charge is 0.245 e. The Kier molecular flexibility index (Phi) is 7.40. The quantitative estimate of drug-likeness (QED) is 0.377. The average Bonchev–Trinajstić information content (AvgIpc) is 2.77. The van der Waals surface area contributed by atoms with Crippen LogP contribution in [0.4, 0.5) is 5.82 Å². The molecule has 32 heavy (non-hydrogen) atoms. The van der Waals surface area contributed by atoms with E-state index in [1.165, 1.54) is 9.87 Å². The summed E-state index contributed by atoms with van der Waals surface area (Å²) in [5.74, 6) is 0.878. The van der Waals surface area contributed by atoms with Crippen LogP contribution in [-0.4, -0.2) is 13.4 Å². The van der Waals surface area contributed by atoms with Gasteiger partial charge in [-0.25, -0.2) is 17.7 Å². The molecule has 3 rings (SSSR count). The largest absolute Gasteiger partial charge is 0.266 e. The first-order valence-electron chi connectivity index (χ1n) is 11.3. The van der Waals surface area contributed by atoms with Crippen LogP contribution in [-0.2, 0) is 16.6 Å². The molecule has 0 radical (unpaired) electrons. The van der Waals surface area contributed by atoms with Crippen LogP contribution in [0.2, 0.25) is 0 Å². The number of aromatic nitrogens is 1. The van der Waals surface area contributed by atoms with Gasteiger partial charge in [-0.15, -0.1) is 0 Å². The molecule has 0 N–H and O–H groups in total. The molecule has 0 fully saturated rings. The van der Waals surface area contributed by atoms with E-state index in [4.69, 9.17) is 0 Å². The molecule has 2 aromatic carbocycles. The van der Waals surface area contributed by atoms with Gasteiger partial charge in [-0.3, -0.25) is 0 Å². The summed E-state index contributed by atoms with van der Waals surface area (Å²) in [5.41, 5.74) is 3.82. The zero-order chi connectivity index (χ0) is 23.5. The first kappa shape index (κ1) is 24.0. The molecular formula is C27H34N2O2S. The van der Waals surface area contributed by atoms with Gasteiger partial charge in [-0.05, 0) is 52.1 Å². The summed E-state index contributed by atoms with van der Waals surface area (Å²) in [5, 5.41) is 0. The fourth-order valence-corrected chi connectivity index (χ4v) is 5.92. The van der Waals surface area contributed by atoms with E-state index in [9.17, 15) is 8.42 Å². The van der Waals surface area contributed by atoms with Crippen LogP contribution in [0.25, 0.3) is 0 Å². The Morgan fingerprint density at radius 1 is 0.781 bits per heavy atom. The number of hydrogen-bond donors (Lipinski definition) is 0. The van der Waals surface area contributed by atoms with Crippen molar-refractivity contribution >= 4 is 15.8 Å². The van der Waals surface area contributed by atoms with Crippen LogP contribution in [0.5, 0.6) is 0 Å². The second-order valence-electron chi connectivity index (χ2n) is 9.18. The number of benzene rings is 2. The molecule has 5 heteroatoms. The lowest BCUT2D eigenvalue weighted by molar-refractivity contribution is 0.584. The van der Waals surface area contributed by atoms with Crippen LogP contribution in [0.3, 0.4) is 0 Å². The van der Waals surface area contributed by atoms with Crippen molar-refractivity contribution in [2.24, 2.45) is 0 Å². The van der Waals surface area contributed by atoms with E-state index in [0.29, 0.717) is 16.6 Å². The maximum atomic E-state index is 14.4. The van der Waals surface area contributed by atoms with Gasteiger partial charge < -0.3 is 0 Å². The standard InChI is InChI=1S/C27H34N2O2S/c1-19(2)23-16-24(20(3)4)27(25(17-23)21(5)6)32(30,31)29(26-14-10-11-15-28-26)18-22-12-8-7-9-13-22/h7-17,19-21H,18H2,1-6H3. The Morgan fingerprint density at radius 2 is 1.34 bits per heavy atom. The topological polar surface area (TPSA) is 50.3 Å². The molecule has 0 atom stereocenters. The molecule has 0 aliphatic rings. The van der Waals surface area contributed by atoms with Gasteiger partial charge in [0, 0.05) is 6.20 Å². The first-order chi connectivity index (χ1) is 15.1. The highest BCUT2D eigenvalue weighted by atomic mass is 32.2. The van der Waals surface area contributed by atoms with Gasteiger partial charge in [0.05, 0.1) is 11.4 Å². The molecule has 0 saturated heterocycles. The number of pyridine rings is 1. The van der Waals surface area contributed by atoms with Crippen molar-refractivity contribution in [2.45, 2.75) is 70.7 Å². The minimum absolute atomic E-state index is 0.0679. The van der Waals surface area contributed by atoms with E-state index in [0.717, 1.165) is 16.7 Å². The summed E-state index contributed by atoms with van der Waals surface area (Å²) in [4.78, 5) is 4.83. The summed E-state index contributed by atoms with van der Waals surface area (Å²) in [7, 11) is -3.88. The van der Waals surface area contributed by atoms with Crippen LogP contribution >= 0.6 is 0 Å². The zero-order valence-corrected chi connectivity index (χ0v) is 20.7. The molecule has 170 valence electrons. The zero-order valence-electron chi connectivity index (χ0n) is 19.9. The summed E-state index contributed by atoms with van der Waals surface area (Å²) < 4.78 is 30.2. The summed E-state index contributed by atoms with van der Waals surface area (Å²) in [6, 6.07) is 19.2. The molecule has 0 spiro atoms. The fraction of sp³-hybridized carbons (Fsp3) is 0.370. The van der Waals surface area contributed by atoms with E-state index in [1.807, 2.05) is 36.4 Å². The van der Waals surface area contributed by atoms with E-state index in [-0.39, 0.29) is 18.4 Å². The van der Waals surface area contributed by atoms with E-state index < -0.39 is 10.0 Å². The molecule has 3 aromatic rings. The number of nitrogens with zero attached hydrogens (tertiary/aromatic N) is 2. The molecule has 0 aliphatic heterocycles. The molecule has 1 aromatic heterocycles. The minimum atomic E-state index is -3.88. The molecule has 1 heterocycles. The lowest BCUT2D eigenvalue weighted by Crippen LogP contribution is -2.33. The van der Waals surface area contributed by atoms with Crippen molar-refractivity contribution in [1.82, 2.24) is 4.98 Å². The molecular weight excluding hydrogens is 416 g/mol. The van der Waals surface area contributed by atoms with E-state index in [1.54, 1.807) is 18.3 Å².